The Morgan fingerprint density at radius 2 is 2.00 bits per heavy atom. The van der Waals surface area contributed by atoms with Gasteiger partial charge in [-0.15, -0.1) is 0 Å². The normalized spacial score (nSPS) is 19.0. The zero-order valence-corrected chi connectivity index (χ0v) is 14.9. The number of hydrogen-bond donors (Lipinski definition) is 0. The molecule has 0 aromatic heterocycles. The lowest BCUT2D eigenvalue weighted by atomic mass is 10.0. The fraction of sp³-hybridized carbons (Fsp3) is 0.500. The van der Waals surface area contributed by atoms with E-state index in [9.17, 15) is 18.0 Å². The van der Waals surface area contributed by atoms with Crippen LogP contribution < -0.4 is 4.74 Å². The summed E-state index contributed by atoms with van der Waals surface area (Å²) in [6.45, 7) is 4.67. The molecule has 3 rings (SSSR count). The van der Waals surface area contributed by atoms with E-state index in [4.69, 9.17) is 4.74 Å². The van der Waals surface area contributed by atoms with Crippen LogP contribution in [-0.2, 0) is 19.6 Å². The molecule has 1 aromatic carbocycles. The summed E-state index contributed by atoms with van der Waals surface area (Å²) in [6.07, 6.45) is -0.659. The predicted octanol–water partition coefficient (Wildman–Crippen LogP) is 0.993. The van der Waals surface area contributed by atoms with E-state index in [0.29, 0.717) is 12.4 Å². The lowest BCUT2D eigenvalue weighted by Gasteiger charge is -2.39. The van der Waals surface area contributed by atoms with Gasteiger partial charge in [0.05, 0.1) is 11.5 Å². The topological polar surface area (TPSA) is 93.2 Å². The standard InChI is InChI=1S/C16H20N2O6S/c1-3-23-14-5-4-13(6-11(14)2)25(21,22)17-7-12(8-17)9-18-15(19)10-24-16(18)20/h4-6,12H,3,7-10H2,1-2H3. The van der Waals surface area contributed by atoms with Crippen molar-refractivity contribution in [1.29, 1.82) is 0 Å². The Morgan fingerprint density at radius 3 is 2.56 bits per heavy atom. The minimum Gasteiger partial charge on any atom is -0.494 e. The third kappa shape index (κ3) is 3.34. The van der Waals surface area contributed by atoms with E-state index < -0.39 is 16.1 Å². The number of rotatable bonds is 6. The largest absolute Gasteiger partial charge is 0.494 e. The lowest BCUT2D eigenvalue weighted by Crippen LogP contribution is -2.54. The van der Waals surface area contributed by atoms with E-state index in [2.05, 4.69) is 4.74 Å². The molecule has 0 bridgehead atoms. The molecule has 0 spiro atoms. The number of cyclic esters (lactones) is 1. The molecular weight excluding hydrogens is 348 g/mol. The van der Waals surface area contributed by atoms with Crippen LogP contribution in [0, 0.1) is 12.8 Å². The minimum atomic E-state index is -3.59. The van der Waals surface area contributed by atoms with Gasteiger partial charge in [0.25, 0.3) is 5.91 Å². The van der Waals surface area contributed by atoms with Crippen LogP contribution >= 0.6 is 0 Å². The molecule has 0 radical (unpaired) electrons. The molecule has 8 nitrogen and oxygen atoms in total. The van der Waals surface area contributed by atoms with Crippen molar-refractivity contribution in [3.63, 3.8) is 0 Å². The van der Waals surface area contributed by atoms with E-state index in [1.165, 1.54) is 10.4 Å². The SMILES string of the molecule is CCOc1ccc(S(=O)(=O)N2CC(CN3C(=O)COC3=O)C2)cc1C. The van der Waals surface area contributed by atoms with Crippen LogP contribution in [0.2, 0.25) is 0 Å². The summed E-state index contributed by atoms with van der Waals surface area (Å²) in [5.74, 6) is 0.204. The molecule has 0 aliphatic carbocycles. The second-order valence-corrected chi connectivity index (χ2v) is 8.05. The summed E-state index contributed by atoms with van der Waals surface area (Å²) >= 11 is 0. The third-order valence-electron chi connectivity index (χ3n) is 4.29. The number of imide groups is 1. The fourth-order valence-electron chi connectivity index (χ4n) is 2.90. The van der Waals surface area contributed by atoms with Gasteiger partial charge in [-0.1, -0.05) is 0 Å². The first-order valence-electron chi connectivity index (χ1n) is 8.03. The number of hydrogen-bond acceptors (Lipinski definition) is 6. The second kappa shape index (κ2) is 6.64. The number of amides is 2. The maximum Gasteiger partial charge on any atom is 0.417 e. The van der Waals surface area contributed by atoms with Crippen molar-refractivity contribution < 1.29 is 27.5 Å². The first-order valence-corrected chi connectivity index (χ1v) is 9.47. The van der Waals surface area contributed by atoms with E-state index in [1.807, 2.05) is 6.92 Å². The molecule has 136 valence electrons. The molecule has 9 heteroatoms. The summed E-state index contributed by atoms with van der Waals surface area (Å²) in [6, 6.07) is 4.78. The average Bonchev–Trinajstić information content (AvgIpc) is 2.83. The highest BCUT2D eigenvalue weighted by atomic mass is 32.2. The zero-order valence-electron chi connectivity index (χ0n) is 14.1. The Bertz CT molecular complexity index is 785. The third-order valence-corrected chi connectivity index (χ3v) is 6.12. The number of nitrogens with zero attached hydrogens (tertiary/aromatic N) is 2. The van der Waals surface area contributed by atoms with Crippen LogP contribution in [0.1, 0.15) is 12.5 Å². The molecule has 2 amide bonds. The molecule has 0 saturated carbocycles. The van der Waals surface area contributed by atoms with E-state index in [-0.39, 0.29) is 43.0 Å². The predicted molar refractivity (Wildman–Crippen MR) is 87.7 cm³/mol. The maximum absolute atomic E-state index is 12.7. The monoisotopic (exact) mass is 368 g/mol. The van der Waals surface area contributed by atoms with Crippen molar-refractivity contribution in [1.82, 2.24) is 9.21 Å². The molecular formula is C16H20N2O6S. The van der Waals surface area contributed by atoms with E-state index in [0.717, 1.165) is 10.5 Å². The minimum absolute atomic E-state index is 0.0758. The van der Waals surface area contributed by atoms with Crippen LogP contribution in [0.5, 0.6) is 5.75 Å². The smallest absolute Gasteiger partial charge is 0.417 e. The highest BCUT2D eigenvalue weighted by Gasteiger charge is 2.41. The van der Waals surface area contributed by atoms with Crippen LogP contribution in [-0.4, -0.2) is 62.5 Å². The van der Waals surface area contributed by atoms with Crippen molar-refractivity contribution in [2.45, 2.75) is 18.7 Å². The van der Waals surface area contributed by atoms with Crippen LogP contribution in [0.3, 0.4) is 0 Å². The summed E-state index contributed by atoms with van der Waals surface area (Å²) in [5.41, 5.74) is 0.755. The van der Waals surface area contributed by atoms with Gasteiger partial charge in [0, 0.05) is 25.6 Å². The van der Waals surface area contributed by atoms with Gasteiger partial charge in [-0.05, 0) is 37.6 Å². The molecule has 2 saturated heterocycles. The fourth-order valence-corrected chi connectivity index (χ4v) is 4.58. The summed E-state index contributed by atoms with van der Waals surface area (Å²) in [5, 5.41) is 0. The maximum atomic E-state index is 12.7. The Kier molecular flexibility index (Phi) is 4.70. The van der Waals surface area contributed by atoms with Crippen molar-refractivity contribution in [3.8, 4) is 5.75 Å². The Balaban J connectivity index is 1.64. The zero-order chi connectivity index (χ0) is 18.2. The highest BCUT2D eigenvalue weighted by Crippen LogP contribution is 2.29. The quantitative estimate of drug-likeness (QED) is 0.743. The molecule has 2 aliphatic heterocycles. The average molecular weight is 368 g/mol. The molecule has 25 heavy (non-hydrogen) atoms. The molecule has 0 N–H and O–H groups in total. The first kappa shape index (κ1) is 17.7. The Labute approximate surface area is 146 Å². The summed E-state index contributed by atoms with van der Waals surface area (Å²) in [4.78, 5) is 24.2. The van der Waals surface area contributed by atoms with Crippen molar-refractivity contribution >= 4 is 22.0 Å². The van der Waals surface area contributed by atoms with Gasteiger partial charge in [0.2, 0.25) is 10.0 Å². The second-order valence-electron chi connectivity index (χ2n) is 6.11. The van der Waals surface area contributed by atoms with Gasteiger partial charge in [-0.2, -0.15) is 4.31 Å². The number of carbonyl (C=O) groups excluding carboxylic acids is 2. The highest BCUT2D eigenvalue weighted by molar-refractivity contribution is 7.89. The first-order chi connectivity index (χ1) is 11.8. The molecule has 2 aliphatic rings. The number of benzene rings is 1. The van der Waals surface area contributed by atoms with Crippen LogP contribution in [0.15, 0.2) is 23.1 Å². The van der Waals surface area contributed by atoms with Crippen LogP contribution in [0.25, 0.3) is 0 Å². The number of sulfonamides is 1. The van der Waals surface area contributed by atoms with Gasteiger partial charge in [-0.25, -0.2) is 18.1 Å². The molecule has 0 atom stereocenters. The molecule has 0 unspecified atom stereocenters. The molecule has 2 fully saturated rings. The van der Waals surface area contributed by atoms with E-state index in [1.54, 1.807) is 19.1 Å². The number of ether oxygens (including phenoxy) is 2. The lowest BCUT2D eigenvalue weighted by molar-refractivity contribution is -0.126. The Morgan fingerprint density at radius 1 is 1.28 bits per heavy atom. The molecule has 2 heterocycles. The van der Waals surface area contributed by atoms with Crippen molar-refractivity contribution in [2.75, 3.05) is 32.8 Å². The van der Waals surface area contributed by atoms with Gasteiger partial charge in [0.15, 0.2) is 6.61 Å². The van der Waals surface area contributed by atoms with Crippen molar-refractivity contribution in [2.24, 2.45) is 5.92 Å². The van der Waals surface area contributed by atoms with E-state index >= 15 is 0 Å². The van der Waals surface area contributed by atoms with Gasteiger partial charge in [-0.3, -0.25) is 4.79 Å². The van der Waals surface area contributed by atoms with Crippen molar-refractivity contribution in [3.05, 3.63) is 23.8 Å². The van der Waals surface area contributed by atoms with Crippen LogP contribution in [0.4, 0.5) is 4.79 Å². The number of carbonyl (C=O) groups is 2. The van der Waals surface area contributed by atoms with Gasteiger partial charge < -0.3 is 9.47 Å². The van der Waals surface area contributed by atoms with Gasteiger partial charge in [0.1, 0.15) is 5.75 Å². The number of aryl methyl sites for hydroxylation is 1. The summed E-state index contributed by atoms with van der Waals surface area (Å²) in [7, 11) is -3.59. The summed E-state index contributed by atoms with van der Waals surface area (Å²) < 4.78 is 36.7. The Hall–Kier alpha value is -2.13. The molecule has 1 aromatic rings. The van der Waals surface area contributed by atoms with Gasteiger partial charge >= 0.3 is 6.09 Å².